The van der Waals surface area contributed by atoms with E-state index in [1.54, 1.807) is 12.3 Å². The molecule has 0 N–H and O–H groups in total. The highest BCUT2D eigenvalue weighted by Crippen LogP contribution is 2.16. The fourth-order valence-electron chi connectivity index (χ4n) is 1.50. The van der Waals surface area contributed by atoms with Crippen LogP contribution in [-0.4, -0.2) is 29.6 Å². The second kappa shape index (κ2) is 7.18. The Morgan fingerprint density at radius 1 is 1.59 bits per heavy atom. The molecule has 0 fully saturated rings. The van der Waals surface area contributed by atoms with E-state index in [0.717, 1.165) is 12.2 Å². The van der Waals surface area contributed by atoms with E-state index < -0.39 is 0 Å². The SMILES string of the molecule is CCSCC[C@H](C)N(C)c1cc(C#N)ccn1. The van der Waals surface area contributed by atoms with Gasteiger partial charge in [0.15, 0.2) is 0 Å². The van der Waals surface area contributed by atoms with Crippen molar-refractivity contribution in [2.24, 2.45) is 0 Å². The summed E-state index contributed by atoms with van der Waals surface area (Å²) >= 11 is 1.96. The number of nitriles is 1. The largest absolute Gasteiger partial charge is 0.357 e. The standard InChI is InChI=1S/C13H19N3S/c1-4-17-8-6-11(2)16(3)13-9-12(10-14)5-7-15-13/h5,7,9,11H,4,6,8H2,1-3H3/t11-/m0/s1. The van der Waals surface area contributed by atoms with Crippen molar-refractivity contribution in [3.63, 3.8) is 0 Å². The molecule has 0 aliphatic heterocycles. The van der Waals surface area contributed by atoms with Gasteiger partial charge in [-0.3, -0.25) is 0 Å². The molecule has 0 amide bonds. The van der Waals surface area contributed by atoms with Gasteiger partial charge in [0.2, 0.25) is 0 Å². The highest BCUT2D eigenvalue weighted by atomic mass is 32.2. The zero-order valence-corrected chi connectivity index (χ0v) is 11.5. The predicted molar refractivity (Wildman–Crippen MR) is 74.4 cm³/mol. The van der Waals surface area contributed by atoms with Crippen molar-refractivity contribution in [1.29, 1.82) is 5.26 Å². The molecule has 1 aromatic heterocycles. The van der Waals surface area contributed by atoms with Gasteiger partial charge in [0.05, 0.1) is 11.6 Å². The van der Waals surface area contributed by atoms with Gasteiger partial charge < -0.3 is 4.90 Å². The van der Waals surface area contributed by atoms with E-state index in [-0.39, 0.29) is 0 Å². The van der Waals surface area contributed by atoms with E-state index in [1.165, 1.54) is 11.5 Å². The molecule has 0 aliphatic carbocycles. The first kappa shape index (κ1) is 13.9. The molecule has 0 aromatic carbocycles. The Balaban J connectivity index is 2.61. The normalized spacial score (nSPS) is 11.9. The van der Waals surface area contributed by atoms with Crippen LogP contribution in [0.5, 0.6) is 0 Å². The van der Waals surface area contributed by atoms with Crippen molar-refractivity contribution in [1.82, 2.24) is 4.98 Å². The van der Waals surface area contributed by atoms with E-state index in [1.807, 2.05) is 24.9 Å². The third kappa shape index (κ3) is 4.27. The van der Waals surface area contributed by atoms with Crippen LogP contribution in [0.1, 0.15) is 25.8 Å². The molecular weight excluding hydrogens is 230 g/mol. The number of nitrogens with zero attached hydrogens (tertiary/aromatic N) is 3. The average molecular weight is 249 g/mol. The fraction of sp³-hybridized carbons (Fsp3) is 0.538. The van der Waals surface area contributed by atoms with Crippen LogP contribution in [0, 0.1) is 11.3 Å². The zero-order chi connectivity index (χ0) is 12.7. The van der Waals surface area contributed by atoms with Gasteiger partial charge in [-0.15, -0.1) is 0 Å². The minimum absolute atomic E-state index is 0.440. The number of thioether (sulfide) groups is 1. The smallest absolute Gasteiger partial charge is 0.129 e. The van der Waals surface area contributed by atoms with E-state index in [2.05, 4.69) is 29.8 Å². The van der Waals surface area contributed by atoms with Gasteiger partial charge in [-0.1, -0.05) is 6.92 Å². The molecule has 0 saturated heterocycles. The van der Waals surface area contributed by atoms with Crippen LogP contribution >= 0.6 is 11.8 Å². The van der Waals surface area contributed by atoms with Gasteiger partial charge in [-0.25, -0.2) is 4.98 Å². The number of pyridine rings is 1. The Morgan fingerprint density at radius 2 is 2.35 bits per heavy atom. The van der Waals surface area contributed by atoms with Crippen LogP contribution in [0.25, 0.3) is 0 Å². The van der Waals surface area contributed by atoms with E-state index in [4.69, 9.17) is 5.26 Å². The Hall–Kier alpha value is -1.21. The molecule has 0 spiro atoms. The first-order valence-electron chi connectivity index (χ1n) is 5.85. The molecule has 0 saturated carbocycles. The maximum atomic E-state index is 8.86. The van der Waals surface area contributed by atoms with Gasteiger partial charge >= 0.3 is 0 Å². The molecular formula is C13H19N3S. The topological polar surface area (TPSA) is 39.9 Å². The van der Waals surface area contributed by atoms with Crippen molar-refractivity contribution >= 4 is 17.6 Å². The number of hydrogen-bond donors (Lipinski definition) is 0. The zero-order valence-electron chi connectivity index (χ0n) is 10.7. The molecule has 17 heavy (non-hydrogen) atoms. The molecule has 4 heteroatoms. The summed E-state index contributed by atoms with van der Waals surface area (Å²) in [6.07, 6.45) is 2.82. The maximum Gasteiger partial charge on any atom is 0.129 e. The minimum Gasteiger partial charge on any atom is -0.357 e. The van der Waals surface area contributed by atoms with Crippen LogP contribution in [0.2, 0.25) is 0 Å². The molecule has 0 aliphatic rings. The quantitative estimate of drug-likeness (QED) is 0.727. The predicted octanol–water partition coefficient (Wildman–Crippen LogP) is 2.92. The maximum absolute atomic E-state index is 8.86. The van der Waals surface area contributed by atoms with Crippen molar-refractivity contribution in [2.75, 3.05) is 23.5 Å². The molecule has 0 radical (unpaired) electrons. The second-order valence-electron chi connectivity index (χ2n) is 3.96. The first-order chi connectivity index (χ1) is 8.19. The Bertz CT molecular complexity index is 386. The Labute approximate surface area is 108 Å². The van der Waals surface area contributed by atoms with Gasteiger partial charge in [-0.05, 0) is 37.0 Å². The van der Waals surface area contributed by atoms with E-state index >= 15 is 0 Å². The minimum atomic E-state index is 0.440. The Kier molecular flexibility index (Phi) is 5.85. The summed E-state index contributed by atoms with van der Waals surface area (Å²) in [4.78, 5) is 6.44. The van der Waals surface area contributed by atoms with Crippen LogP contribution in [0.3, 0.4) is 0 Å². The summed E-state index contributed by atoms with van der Waals surface area (Å²) in [6, 6.07) is 6.15. The second-order valence-corrected chi connectivity index (χ2v) is 5.35. The van der Waals surface area contributed by atoms with Gasteiger partial charge in [0.25, 0.3) is 0 Å². The fourth-order valence-corrected chi connectivity index (χ4v) is 2.29. The molecule has 3 nitrogen and oxygen atoms in total. The summed E-state index contributed by atoms with van der Waals surface area (Å²) in [5, 5.41) is 8.86. The van der Waals surface area contributed by atoms with Crippen molar-refractivity contribution in [3.05, 3.63) is 23.9 Å². The molecule has 1 aromatic rings. The first-order valence-corrected chi connectivity index (χ1v) is 7.01. The van der Waals surface area contributed by atoms with Crippen LogP contribution in [0.15, 0.2) is 18.3 Å². The summed E-state index contributed by atoms with van der Waals surface area (Å²) in [5.74, 6) is 3.21. The lowest BCUT2D eigenvalue weighted by molar-refractivity contribution is 0.662. The van der Waals surface area contributed by atoms with Crippen LogP contribution in [0.4, 0.5) is 5.82 Å². The summed E-state index contributed by atoms with van der Waals surface area (Å²) < 4.78 is 0. The van der Waals surface area contributed by atoms with E-state index in [9.17, 15) is 0 Å². The van der Waals surface area contributed by atoms with E-state index in [0.29, 0.717) is 11.6 Å². The average Bonchev–Trinajstić information content (AvgIpc) is 2.38. The number of hydrogen-bond acceptors (Lipinski definition) is 4. The van der Waals surface area contributed by atoms with Crippen LogP contribution < -0.4 is 4.90 Å². The highest BCUT2D eigenvalue weighted by Gasteiger charge is 2.11. The van der Waals surface area contributed by atoms with Gasteiger partial charge in [0.1, 0.15) is 5.82 Å². The molecule has 1 heterocycles. The summed E-state index contributed by atoms with van der Waals surface area (Å²) in [5.41, 5.74) is 0.664. The summed E-state index contributed by atoms with van der Waals surface area (Å²) in [7, 11) is 2.03. The number of anilines is 1. The van der Waals surface area contributed by atoms with Gasteiger partial charge in [0, 0.05) is 19.3 Å². The lowest BCUT2D eigenvalue weighted by Gasteiger charge is -2.25. The lowest BCUT2D eigenvalue weighted by atomic mass is 10.2. The third-order valence-electron chi connectivity index (χ3n) is 2.78. The van der Waals surface area contributed by atoms with Crippen molar-refractivity contribution in [3.8, 4) is 6.07 Å². The number of aromatic nitrogens is 1. The monoisotopic (exact) mass is 249 g/mol. The molecule has 1 atom stereocenters. The Morgan fingerprint density at radius 3 is 3.00 bits per heavy atom. The molecule has 1 rings (SSSR count). The molecule has 0 bridgehead atoms. The lowest BCUT2D eigenvalue weighted by Crippen LogP contribution is -2.30. The number of rotatable bonds is 6. The third-order valence-corrected chi connectivity index (χ3v) is 3.71. The highest BCUT2D eigenvalue weighted by molar-refractivity contribution is 7.99. The molecule has 0 unspecified atom stereocenters. The molecule has 92 valence electrons. The van der Waals surface area contributed by atoms with Crippen LogP contribution in [-0.2, 0) is 0 Å². The van der Waals surface area contributed by atoms with Gasteiger partial charge in [-0.2, -0.15) is 17.0 Å². The van der Waals surface area contributed by atoms with Crippen molar-refractivity contribution < 1.29 is 0 Å². The van der Waals surface area contributed by atoms with Crippen molar-refractivity contribution in [2.45, 2.75) is 26.3 Å². The summed E-state index contributed by atoms with van der Waals surface area (Å²) in [6.45, 7) is 4.37.